The Morgan fingerprint density at radius 3 is 2.52 bits per heavy atom. The van der Waals surface area contributed by atoms with Gasteiger partial charge in [0.25, 0.3) is 0 Å². The molecule has 0 atom stereocenters. The van der Waals surface area contributed by atoms with Crippen LogP contribution < -0.4 is 0 Å². The van der Waals surface area contributed by atoms with Crippen LogP contribution in [0.1, 0.15) is 25.3 Å². The zero-order valence-corrected chi connectivity index (χ0v) is 14.7. The van der Waals surface area contributed by atoms with E-state index in [9.17, 15) is 13.2 Å². The van der Waals surface area contributed by atoms with Crippen molar-refractivity contribution in [3.05, 3.63) is 29.8 Å². The molecule has 2 rings (SSSR count). The first-order valence-corrected chi connectivity index (χ1v) is 8.95. The fourth-order valence-corrected chi connectivity index (χ4v) is 4.47. The predicted octanol–water partition coefficient (Wildman–Crippen LogP) is 1.59. The molecule has 7 heteroatoms. The van der Waals surface area contributed by atoms with Gasteiger partial charge in [0.05, 0.1) is 18.1 Å². The number of esters is 1. The summed E-state index contributed by atoms with van der Waals surface area (Å²) in [5.74, 6) is -0.552. The van der Waals surface area contributed by atoms with Gasteiger partial charge in [-0.25, -0.2) is 8.42 Å². The second kappa shape index (κ2) is 6.59. The molecular weight excluding hydrogens is 318 g/mol. The van der Waals surface area contributed by atoms with Gasteiger partial charge in [0.15, 0.2) is 0 Å². The Labute approximate surface area is 137 Å². The third-order valence-corrected chi connectivity index (χ3v) is 6.52. The molecule has 1 aliphatic rings. The van der Waals surface area contributed by atoms with Crippen LogP contribution in [0.25, 0.3) is 0 Å². The highest BCUT2D eigenvalue weighted by atomic mass is 32.2. The summed E-state index contributed by atoms with van der Waals surface area (Å²) in [4.78, 5) is 12.4. The number of hydrogen-bond acceptors (Lipinski definition) is 5. The molecule has 0 aromatic heterocycles. The largest absolute Gasteiger partial charge is 0.468 e. The summed E-state index contributed by atoms with van der Waals surface area (Å²) in [6, 6.07) is 6.77. The summed E-state index contributed by atoms with van der Waals surface area (Å²) in [5.41, 5.74) is -0.272. The number of methoxy groups -OCH3 is 2. The van der Waals surface area contributed by atoms with E-state index in [1.165, 1.54) is 14.2 Å². The van der Waals surface area contributed by atoms with Crippen molar-refractivity contribution in [3.8, 4) is 0 Å². The SMILES string of the molecule is CCc1cccc(S(=O)(=O)N(C)C2(C(=O)OC)CC(OC)C2)c1. The van der Waals surface area contributed by atoms with E-state index in [2.05, 4.69) is 0 Å². The lowest BCUT2D eigenvalue weighted by Crippen LogP contribution is -2.65. The van der Waals surface area contributed by atoms with Crippen LogP contribution in [0.2, 0.25) is 0 Å². The number of aryl methyl sites for hydroxylation is 1. The quantitative estimate of drug-likeness (QED) is 0.735. The smallest absolute Gasteiger partial charge is 0.327 e. The normalized spacial score (nSPS) is 24.3. The first-order chi connectivity index (χ1) is 10.8. The van der Waals surface area contributed by atoms with Crippen molar-refractivity contribution in [2.24, 2.45) is 0 Å². The van der Waals surface area contributed by atoms with Gasteiger partial charge in [-0.1, -0.05) is 19.1 Å². The van der Waals surface area contributed by atoms with E-state index in [1.54, 1.807) is 25.3 Å². The molecule has 23 heavy (non-hydrogen) atoms. The first kappa shape index (κ1) is 17.9. The molecule has 0 radical (unpaired) electrons. The zero-order valence-electron chi connectivity index (χ0n) is 13.9. The van der Waals surface area contributed by atoms with Gasteiger partial charge in [-0.15, -0.1) is 0 Å². The van der Waals surface area contributed by atoms with Crippen LogP contribution in [0.3, 0.4) is 0 Å². The van der Waals surface area contributed by atoms with Crippen LogP contribution in [0.15, 0.2) is 29.2 Å². The Kier molecular flexibility index (Phi) is 5.13. The Bertz CT molecular complexity index is 679. The predicted molar refractivity (Wildman–Crippen MR) is 85.5 cm³/mol. The van der Waals surface area contributed by atoms with E-state index < -0.39 is 21.5 Å². The number of carbonyl (C=O) groups is 1. The summed E-state index contributed by atoms with van der Waals surface area (Å²) in [6.45, 7) is 1.96. The highest BCUT2D eigenvalue weighted by molar-refractivity contribution is 7.89. The maximum atomic E-state index is 12.9. The summed E-state index contributed by atoms with van der Waals surface area (Å²) >= 11 is 0. The monoisotopic (exact) mass is 341 g/mol. The Hall–Kier alpha value is -1.44. The standard InChI is InChI=1S/C16H23NO5S/c1-5-12-7-6-8-14(9-12)23(19,20)17(2)16(15(18)22-4)10-13(11-16)21-3/h6-9,13H,5,10-11H2,1-4H3. The average molecular weight is 341 g/mol. The van der Waals surface area contributed by atoms with E-state index in [1.807, 2.05) is 13.0 Å². The third kappa shape index (κ3) is 3.00. The van der Waals surface area contributed by atoms with Crippen molar-refractivity contribution in [2.75, 3.05) is 21.3 Å². The molecule has 1 aromatic rings. The molecule has 128 valence electrons. The first-order valence-electron chi connectivity index (χ1n) is 7.51. The molecule has 1 fully saturated rings. The number of rotatable bonds is 6. The van der Waals surface area contributed by atoms with Crippen LogP contribution in [0.4, 0.5) is 0 Å². The van der Waals surface area contributed by atoms with Crippen molar-refractivity contribution in [1.82, 2.24) is 4.31 Å². The molecule has 1 saturated carbocycles. The van der Waals surface area contributed by atoms with Gasteiger partial charge in [0.1, 0.15) is 5.54 Å². The Morgan fingerprint density at radius 2 is 2.00 bits per heavy atom. The number of carbonyl (C=O) groups excluding carboxylic acids is 1. The lowest BCUT2D eigenvalue weighted by atomic mass is 9.74. The number of likely N-dealkylation sites (N-methyl/N-ethyl adjacent to an activating group) is 1. The topological polar surface area (TPSA) is 72.9 Å². The van der Waals surface area contributed by atoms with E-state index in [4.69, 9.17) is 9.47 Å². The number of hydrogen-bond donors (Lipinski definition) is 0. The maximum absolute atomic E-state index is 12.9. The molecule has 0 bridgehead atoms. The van der Waals surface area contributed by atoms with Crippen LogP contribution in [0.5, 0.6) is 0 Å². The van der Waals surface area contributed by atoms with Gasteiger partial charge in [0, 0.05) is 27.0 Å². The highest BCUT2D eigenvalue weighted by Gasteiger charge is 2.58. The number of ether oxygens (including phenoxy) is 2. The number of sulfonamides is 1. The molecule has 0 amide bonds. The second-order valence-corrected chi connectivity index (χ2v) is 7.73. The van der Waals surface area contributed by atoms with E-state index in [0.717, 1.165) is 16.3 Å². The molecule has 1 aromatic carbocycles. The lowest BCUT2D eigenvalue weighted by Gasteiger charge is -2.48. The average Bonchev–Trinajstić information content (AvgIpc) is 2.53. The fourth-order valence-electron chi connectivity index (χ4n) is 2.92. The Morgan fingerprint density at radius 1 is 1.35 bits per heavy atom. The highest BCUT2D eigenvalue weighted by Crippen LogP contribution is 2.42. The van der Waals surface area contributed by atoms with Crippen LogP contribution in [-0.4, -0.2) is 51.6 Å². The number of nitrogens with zero attached hydrogens (tertiary/aromatic N) is 1. The zero-order chi connectivity index (χ0) is 17.3. The van der Waals surface area contributed by atoms with Gasteiger partial charge < -0.3 is 9.47 Å². The summed E-state index contributed by atoms with van der Waals surface area (Å²) in [7, 11) is 0.440. The maximum Gasteiger partial charge on any atom is 0.327 e. The summed E-state index contributed by atoms with van der Waals surface area (Å²) < 4.78 is 37.1. The molecule has 6 nitrogen and oxygen atoms in total. The molecule has 0 spiro atoms. The lowest BCUT2D eigenvalue weighted by molar-refractivity contribution is -0.166. The summed E-state index contributed by atoms with van der Waals surface area (Å²) in [5, 5.41) is 0. The Balaban J connectivity index is 2.39. The van der Waals surface area contributed by atoms with Gasteiger partial charge in [0.2, 0.25) is 10.0 Å². The van der Waals surface area contributed by atoms with Gasteiger partial charge >= 0.3 is 5.97 Å². The van der Waals surface area contributed by atoms with Crippen molar-refractivity contribution >= 4 is 16.0 Å². The van der Waals surface area contributed by atoms with E-state index >= 15 is 0 Å². The van der Waals surface area contributed by atoms with Crippen molar-refractivity contribution in [1.29, 1.82) is 0 Å². The van der Waals surface area contributed by atoms with E-state index in [0.29, 0.717) is 12.8 Å². The molecule has 0 aliphatic heterocycles. The minimum atomic E-state index is -3.80. The van der Waals surface area contributed by atoms with Gasteiger partial charge in [-0.2, -0.15) is 4.31 Å². The fraction of sp³-hybridized carbons (Fsp3) is 0.562. The molecule has 1 aliphatic carbocycles. The molecular formula is C16H23NO5S. The summed E-state index contributed by atoms with van der Waals surface area (Å²) in [6.07, 6.45) is 1.17. The van der Waals surface area contributed by atoms with Crippen LogP contribution in [-0.2, 0) is 30.7 Å². The van der Waals surface area contributed by atoms with Crippen molar-refractivity contribution in [2.45, 2.75) is 42.7 Å². The van der Waals surface area contributed by atoms with Crippen LogP contribution >= 0.6 is 0 Å². The minimum Gasteiger partial charge on any atom is -0.468 e. The van der Waals surface area contributed by atoms with Crippen LogP contribution in [0, 0.1) is 0 Å². The van der Waals surface area contributed by atoms with Gasteiger partial charge in [-0.05, 0) is 24.1 Å². The second-order valence-electron chi connectivity index (χ2n) is 5.76. The van der Waals surface area contributed by atoms with Crippen molar-refractivity contribution < 1.29 is 22.7 Å². The van der Waals surface area contributed by atoms with Gasteiger partial charge in [-0.3, -0.25) is 4.79 Å². The molecule has 0 N–H and O–H groups in total. The molecule has 0 saturated heterocycles. The van der Waals surface area contributed by atoms with Crippen molar-refractivity contribution in [3.63, 3.8) is 0 Å². The van der Waals surface area contributed by atoms with E-state index in [-0.39, 0.29) is 11.0 Å². The third-order valence-electron chi connectivity index (χ3n) is 4.60. The molecule has 0 unspecified atom stereocenters. The minimum absolute atomic E-state index is 0.145. The molecule has 0 heterocycles. The number of benzene rings is 1.